The minimum atomic E-state index is -1.06. The summed E-state index contributed by atoms with van der Waals surface area (Å²) in [5.41, 5.74) is 2.19. The standard InChI is InChI=1S/C15H15NO4S/c1-9-4-3-5-10(2)13(9)20-8-12(17)16-11-6-7-21-14(11)15(18)19/h3-7H,8H2,1-2H3,(H,16,17)(H,18,19). The van der Waals surface area contributed by atoms with Gasteiger partial charge in [0.15, 0.2) is 6.61 Å². The van der Waals surface area contributed by atoms with Crippen LogP contribution in [0.3, 0.4) is 0 Å². The van der Waals surface area contributed by atoms with Crippen molar-refractivity contribution in [2.24, 2.45) is 0 Å². The molecule has 2 rings (SSSR count). The molecule has 0 aliphatic heterocycles. The fourth-order valence-electron chi connectivity index (χ4n) is 1.92. The van der Waals surface area contributed by atoms with Gasteiger partial charge < -0.3 is 15.2 Å². The number of hydrogen-bond donors (Lipinski definition) is 2. The number of anilines is 1. The number of aromatic carboxylic acids is 1. The predicted octanol–water partition coefficient (Wildman–Crippen LogP) is 3.08. The van der Waals surface area contributed by atoms with Gasteiger partial charge in [-0.25, -0.2) is 4.79 Å². The van der Waals surface area contributed by atoms with Gasteiger partial charge in [0.25, 0.3) is 5.91 Å². The van der Waals surface area contributed by atoms with Crippen molar-refractivity contribution in [1.29, 1.82) is 0 Å². The van der Waals surface area contributed by atoms with Crippen molar-refractivity contribution in [3.8, 4) is 5.75 Å². The summed E-state index contributed by atoms with van der Waals surface area (Å²) in [4.78, 5) is 22.9. The van der Waals surface area contributed by atoms with Gasteiger partial charge in [-0.3, -0.25) is 4.79 Å². The average molecular weight is 305 g/mol. The van der Waals surface area contributed by atoms with Crippen LogP contribution < -0.4 is 10.1 Å². The number of amides is 1. The van der Waals surface area contributed by atoms with Crippen molar-refractivity contribution in [2.45, 2.75) is 13.8 Å². The molecule has 1 aromatic carbocycles. The molecular formula is C15H15NO4S. The molecule has 0 radical (unpaired) electrons. The first kappa shape index (κ1) is 15.1. The number of carbonyl (C=O) groups is 2. The molecule has 2 N–H and O–H groups in total. The molecule has 0 saturated carbocycles. The maximum atomic E-state index is 11.9. The van der Waals surface area contributed by atoms with E-state index < -0.39 is 11.9 Å². The molecule has 110 valence electrons. The second-order valence-corrected chi connectivity index (χ2v) is 5.44. The van der Waals surface area contributed by atoms with E-state index in [1.54, 1.807) is 11.4 Å². The van der Waals surface area contributed by atoms with Crippen LogP contribution in [0.5, 0.6) is 5.75 Å². The Morgan fingerprint density at radius 3 is 2.52 bits per heavy atom. The summed E-state index contributed by atoms with van der Waals surface area (Å²) in [7, 11) is 0. The van der Waals surface area contributed by atoms with Crippen molar-refractivity contribution < 1.29 is 19.4 Å². The monoisotopic (exact) mass is 305 g/mol. The van der Waals surface area contributed by atoms with Crippen LogP contribution in [0.15, 0.2) is 29.6 Å². The van der Waals surface area contributed by atoms with E-state index in [9.17, 15) is 9.59 Å². The maximum absolute atomic E-state index is 11.9. The third-order valence-electron chi connectivity index (χ3n) is 2.89. The van der Waals surface area contributed by atoms with Crippen LogP contribution in [0.1, 0.15) is 20.8 Å². The fourth-order valence-corrected chi connectivity index (χ4v) is 2.61. The van der Waals surface area contributed by atoms with Gasteiger partial charge in [-0.2, -0.15) is 0 Å². The molecule has 0 fully saturated rings. The number of benzene rings is 1. The Labute approximate surface area is 126 Å². The Morgan fingerprint density at radius 2 is 1.90 bits per heavy atom. The lowest BCUT2D eigenvalue weighted by Gasteiger charge is -2.11. The van der Waals surface area contributed by atoms with Crippen LogP contribution in [0.4, 0.5) is 5.69 Å². The van der Waals surface area contributed by atoms with E-state index in [2.05, 4.69) is 5.32 Å². The molecule has 5 nitrogen and oxygen atoms in total. The summed E-state index contributed by atoms with van der Waals surface area (Å²) in [5.74, 6) is -0.772. The van der Waals surface area contributed by atoms with Crippen molar-refractivity contribution in [1.82, 2.24) is 0 Å². The molecule has 21 heavy (non-hydrogen) atoms. The Bertz CT molecular complexity index is 658. The summed E-state index contributed by atoms with van der Waals surface area (Å²) in [5, 5.41) is 13.1. The molecule has 1 heterocycles. The molecular weight excluding hydrogens is 290 g/mol. The summed E-state index contributed by atoms with van der Waals surface area (Å²) in [6, 6.07) is 7.29. The highest BCUT2D eigenvalue weighted by Crippen LogP contribution is 2.23. The fraction of sp³-hybridized carbons (Fsp3) is 0.200. The number of para-hydroxylation sites is 1. The average Bonchev–Trinajstić information content (AvgIpc) is 2.86. The van der Waals surface area contributed by atoms with E-state index in [0.717, 1.165) is 22.5 Å². The number of thiophene rings is 1. The molecule has 0 aliphatic rings. The van der Waals surface area contributed by atoms with Crippen LogP contribution in [-0.4, -0.2) is 23.6 Å². The number of nitrogens with one attached hydrogen (secondary N) is 1. The molecule has 0 spiro atoms. The quantitative estimate of drug-likeness (QED) is 0.890. The lowest BCUT2D eigenvalue weighted by molar-refractivity contribution is -0.118. The molecule has 6 heteroatoms. The van der Waals surface area contributed by atoms with Crippen molar-refractivity contribution in [2.75, 3.05) is 11.9 Å². The van der Waals surface area contributed by atoms with Gasteiger partial charge in [-0.1, -0.05) is 18.2 Å². The SMILES string of the molecule is Cc1cccc(C)c1OCC(=O)Nc1ccsc1C(=O)O. The number of ether oxygens (including phenoxy) is 1. The zero-order chi connectivity index (χ0) is 15.4. The van der Waals surface area contributed by atoms with Crippen LogP contribution in [-0.2, 0) is 4.79 Å². The number of carboxylic acid groups (broad SMARTS) is 1. The van der Waals surface area contributed by atoms with E-state index in [4.69, 9.17) is 9.84 Å². The van der Waals surface area contributed by atoms with Gasteiger partial charge in [-0.05, 0) is 36.4 Å². The Balaban J connectivity index is 2.00. The Morgan fingerprint density at radius 1 is 1.24 bits per heavy atom. The van der Waals surface area contributed by atoms with Crippen molar-refractivity contribution >= 4 is 28.9 Å². The molecule has 0 unspecified atom stereocenters. The number of carbonyl (C=O) groups excluding carboxylic acids is 1. The lowest BCUT2D eigenvalue weighted by atomic mass is 10.1. The first-order valence-electron chi connectivity index (χ1n) is 6.28. The van der Waals surface area contributed by atoms with Crippen molar-refractivity contribution in [3.63, 3.8) is 0 Å². The normalized spacial score (nSPS) is 10.2. The molecule has 2 aromatic rings. The molecule has 0 atom stereocenters. The second kappa shape index (κ2) is 6.41. The molecule has 0 aliphatic carbocycles. The molecule has 0 bridgehead atoms. The highest BCUT2D eigenvalue weighted by molar-refractivity contribution is 7.12. The highest BCUT2D eigenvalue weighted by Gasteiger charge is 2.14. The van der Waals surface area contributed by atoms with Gasteiger partial charge in [-0.15, -0.1) is 11.3 Å². The Kier molecular flexibility index (Phi) is 4.59. The third kappa shape index (κ3) is 3.61. The van der Waals surface area contributed by atoms with E-state index in [-0.39, 0.29) is 11.5 Å². The number of hydrogen-bond acceptors (Lipinski definition) is 4. The second-order valence-electron chi connectivity index (χ2n) is 4.53. The largest absolute Gasteiger partial charge is 0.483 e. The first-order valence-corrected chi connectivity index (χ1v) is 7.16. The van der Waals surface area contributed by atoms with Crippen LogP contribution >= 0.6 is 11.3 Å². The molecule has 1 amide bonds. The zero-order valence-electron chi connectivity index (χ0n) is 11.7. The summed E-state index contributed by atoms with van der Waals surface area (Å²) in [6.07, 6.45) is 0. The van der Waals surface area contributed by atoms with Crippen LogP contribution in [0.25, 0.3) is 0 Å². The van der Waals surface area contributed by atoms with E-state index in [1.165, 1.54) is 0 Å². The predicted molar refractivity (Wildman–Crippen MR) is 81.3 cm³/mol. The van der Waals surface area contributed by atoms with Gasteiger partial charge in [0.05, 0.1) is 5.69 Å². The highest BCUT2D eigenvalue weighted by atomic mass is 32.1. The lowest BCUT2D eigenvalue weighted by Crippen LogP contribution is -2.21. The molecule has 0 saturated heterocycles. The van der Waals surface area contributed by atoms with Crippen molar-refractivity contribution in [3.05, 3.63) is 45.6 Å². The van der Waals surface area contributed by atoms with Gasteiger partial charge in [0, 0.05) is 0 Å². The van der Waals surface area contributed by atoms with Crippen LogP contribution in [0, 0.1) is 13.8 Å². The topological polar surface area (TPSA) is 75.6 Å². The summed E-state index contributed by atoms with van der Waals surface area (Å²) in [6.45, 7) is 3.64. The maximum Gasteiger partial charge on any atom is 0.348 e. The minimum absolute atomic E-state index is 0.107. The smallest absolute Gasteiger partial charge is 0.348 e. The van der Waals surface area contributed by atoms with Gasteiger partial charge in [0.2, 0.25) is 0 Å². The van der Waals surface area contributed by atoms with E-state index in [1.807, 2.05) is 32.0 Å². The summed E-state index contributed by atoms with van der Waals surface area (Å²) >= 11 is 1.06. The van der Waals surface area contributed by atoms with E-state index >= 15 is 0 Å². The number of aryl methyl sites for hydroxylation is 2. The van der Waals surface area contributed by atoms with Gasteiger partial charge >= 0.3 is 5.97 Å². The van der Waals surface area contributed by atoms with E-state index in [0.29, 0.717) is 11.4 Å². The number of rotatable bonds is 5. The first-order chi connectivity index (χ1) is 9.99. The number of carboxylic acids is 1. The Hall–Kier alpha value is -2.34. The molecule has 1 aromatic heterocycles. The summed E-state index contributed by atoms with van der Waals surface area (Å²) < 4.78 is 5.52. The van der Waals surface area contributed by atoms with Crippen LogP contribution in [0.2, 0.25) is 0 Å². The zero-order valence-corrected chi connectivity index (χ0v) is 12.5. The van der Waals surface area contributed by atoms with Gasteiger partial charge in [0.1, 0.15) is 10.6 Å². The third-order valence-corrected chi connectivity index (χ3v) is 3.79. The minimum Gasteiger partial charge on any atom is -0.483 e.